The number of hydrogen-bond donors (Lipinski definition) is 1. The number of piperazine rings is 1. The molecule has 0 bridgehead atoms. The lowest BCUT2D eigenvalue weighted by Gasteiger charge is -2.33. The second-order valence-corrected chi connectivity index (χ2v) is 7.19. The Morgan fingerprint density at radius 2 is 1.67 bits per heavy atom. The van der Waals surface area contributed by atoms with E-state index in [0.29, 0.717) is 0 Å². The predicted molar refractivity (Wildman–Crippen MR) is 112 cm³/mol. The van der Waals surface area contributed by atoms with Crippen LogP contribution in [-0.4, -0.2) is 47.4 Å². The molecule has 1 aliphatic rings. The molecule has 0 spiro atoms. The fourth-order valence-corrected chi connectivity index (χ4v) is 3.63. The summed E-state index contributed by atoms with van der Waals surface area (Å²) in [6.45, 7) is 4.44. The average Bonchev–Trinajstić information content (AvgIpc) is 2.70. The number of halogens is 1. The first kappa shape index (κ1) is 17.8. The number of nitrogens with zero attached hydrogens (tertiary/aromatic N) is 3. The highest BCUT2D eigenvalue weighted by Gasteiger charge is 2.16. The van der Waals surface area contributed by atoms with E-state index in [1.807, 2.05) is 48.5 Å². The van der Waals surface area contributed by atoms with E-state index >= 15 is 0 Å². The fraction of sp³-hybridized carbons (Fsp3) is 0.227. The van der Waals surface area contributed by atoms with Gasteiger partial charge in [0, 0.05) is 43.3 Å². The van der Waals surface area contributed by atoms with Gasteiger partial charge < -0.3 is 5.11 Å². The van der Waals surface area contributed by atoms with E-state index in [9.17, 15) is 5.11 Å². The highest BCUT2D eigenvalue weighted by Crippen LogP contribution is 2.25. The van der Waals surface area contributed by atoms with Crippen LogP contribution in [0.4, 0.5) is 0 Å². The van der Waals surface area contributed by atoms with Gasteiger partial charge in [-0.15, -0.1) is 0 Å². The van der Waals surface area contributed by atoms with E-state index in [1.165, 1.54) is 0 Å². The minimum atomic E-state index is 0.259. The van der Waals surface area contributed by atoms with Crippen LogP contribution >= 0.6 is 11.6 Å². The standard InChI is InChI=1S/C22H22ClN3O/c23-21-8-4-2-6-18(21)16-25-11-13-26(14-12-25)24-15-20-19-7-3-1-5-17(19)9-10-22(20)27/h1-10,15,27H,11-14,16H2. The molecular weight excluding hydrogens is 358 g/mol. The van der Waals surface area contributed by atoms with E-state index in [0.717, 1.165) is 59.6 Å². The van der Waals surface area contributed by atoms with Crippen molar-refractivity contribution >= 4 is 28.6 Å². The molecule has 1 aliphatic heterocycles. The summed E-state index contributed by atoms with van der Waals surface area (Å²) in [6, 6.07) is 19.7. The van der Waals surface area contributed by atoms with E-state index in [-0.39, 0.29) is 5.75 Å². The molecule has 3 aromatic rings. The molecular formula is C22H22ClN3O. The Kier molecular flexibility index (Phi) is 5.28. The minimum absolute atomic E-state index is 0.259. The summed E-state index contributed by atoms with van der Waals surface area (Å²) < 4.78 is 0. The van der Waals surface area contributed by atoms with Gasteiger partial charge in [0.05, 0.1) is 6.21 Å². The van der Waals surface area contributed by atoms with Crippen LogP contribution in [0.3, 0.4) is 0 Å². The molecule has 0 saturated carbocycles. The molecule has 27 heavy (non-hydrogen) atoms. The number of phenolic OH excluding ortho intramolecular Hbond substituents is 1. The maximum atomic E-state index is 10.2. The molecule has 4 rings (SSSR count). The van der Waals surface area contributed by atoms with Crippen molar-refractivity contribution < 1.29 is 5.11 Å². The lowest BCUT2D eigenvalue weighted by Crippen LogP contribution is -2.43. The molecule has 0 aliphatic carbocycles. The van der Waals surface area contributed by atoms with Crippen LogP contribution in [0.2, 0.25) is 5.02 Å². The van der Waals surface area contributed by atoms with Gasteiger partial charge in [-0.3, -0.25) is 9.91 Å². The van der Waals surface area contributed by atoms with Crippen LogP contribution in [-0.2, 0) is 6.54 Å². The number of benzene rings is 3. The first-order chi connectivity index (χ1) is 13.2. The highest BCUT2D eigenvalue weighted by molar-refractivity contribution is 6.31. The van der Waals surface area contributed by atoms with Gasteiger partial charge in [-0.2, -0.15) is 5.10 Å². The van der Waals surface area contributed by atoms with Gasteiger partial charge in [-0.25, -0.2) is 0 Å². The lowest BCUT2D eigenvalue weighted by molar-refractivity contribution is 0.131. The molecule has 138 valence electrons. The first-order valence-corrected chi connectivity index (χ1v) is 9.54. The summed E-state index contributed by atoms with van der Waals surface area (Å²) >= 11 is 6.27. The van der Waals surface area contributed by atoms with Gasteiger partial charge in [0.2, 0.25) is 0 Å². The molecule has 1 N–H and O–H groups in total. The molecule has 1 heterocycles. The first-order valence-electron chi connectivity index (χ1n) is 9.16. The third-order valence-corrected chi connectivity index (χ3v) is 5.37. The SMILES string of the molecule is Oc1ccc2ccccc2c1C=NN1CCN(Cc2ccccc2Cl)CC1. The van der Waals surface area contributed by atoms with E-state index < -0.39 is 0 Å². The Morgan fingerprint density at radius 3 is 2.48 bits per heavy atom. The van der Waals surface area contributed by atoms with Gasteiger partial charge >= 0.3 is 0 Å². The van der Waals surface area contributed by atoms with Gasteiger partial charge in [0.1, 0.15) is 5.75 Å². The highest BCUT2D eigenvalue weighted by atomic mass is 35.5. The Bertz CT molecular complexity index is 965. The smallest absolute Gasteiger partial charge is 0.125 e. The van der Waals surface area contributed by atoms with Crippen molar-refractivity contribution in [2.75, 3.05) is 26.2 Å². The van der Waals surface area contributed by atoms with Crippen LogP contribution < -0.4 is 0 Å². The molecule has 1 fully saturated rings. The van der Waals surface area contributed by atoms with E-state index in [4.69, 9.17) is 11.6 Å². The number of phenols is 1. The fourth-order valence-electron chi connectivity index (χ4n) is 3.44. The Morgan fingerprint density at radius 1 is 0.926 bits per heavy atom. The van der Waals surface area contributed by atoms with Gasteiger partial charge in [0.15, 0.2) is 0 Å². The Balaban J connectivity index is 1.41. The summed E-state index contributed by atoms with van der Waals surface area (Å²) in [4.78, 5) is 2.39. The number of rotatable bonds is 4. The van der Waals surface area contributed by atoms with Crippen molar-refractivity contribution in [1.29, 1.82) is 0 Å². The Hall–Kier alpha value is -2.56. The molecule has 0 unspecified atom stereocenters. The second kappa shape index (κ2) is 7.99. The summed E-state index contributed by atoms with van der Waals surface area (Å²) in [5.74, 6) is 0.259. The maximum Gasteiger partial charge on any atom is 0.125 e. The van der Waals surface area contributed by atoms with Crippen LogP contribution in [0.5, 0.6) is 5.75 Å². The second-order valence-electron chi connectivity index (χ2n) is 6.79. The molecule has 1 saturated heterocycles. The molecule has 3 aromatic carbocycles. The molecule has 0 radical (unpaired) electrons. The normalized spacial score (nSPS) is 15.7. The van der Waals surface area contributed by atoms with Crippen molar-refractivity contribution in [2.45, 2.75) is 6.54 Å². The van der Waals surface area contributed by atoms with Gasteiger partial charge in [-0.1, -0.05) is 60.1 Å². The van der Waals surface area contributed by atoms with Crippen molar-refractivity contribution in [3.05, 3.63) is 76.8 Å². The average molecular weight is 380 g/mol. The van der Waals surface area contributed by atoms with Crippen LogP contribution in [0.1, 0.15) is 11.1 Å². The summed E-state index contributed by atoms with van der Waals surface area (Å²) in [5, 5.41) is 19.9. The van der Waals surface area contributed by atoms with E-state index in [1.54, 1.807) is 12.3 Å². The van der Waals surface area contributed by atoms with Gasteiger partial charge in [-0.05, 0) is 28.5 Å². The van der Waals surface area contributed by atoms with Crippen molar-refractivity contribution in [2.24, 2.45) is 5.10 Å². The van der Waals surface area contributed by atoms with Gasteiger partial charge in [0.25, 0.3) is 0 Å². The topological polar surface area (TPSA) is 39.1 Å². The molecule has 0 atom stereocenters. The maximum absolute atomic E-state index is 10.2. The monoisotopic (exact) mass is 379 g/mol. The third kappa shape index (κ3) is 4.07. The third-order valence-electron chi connectivity index (χ3n) is 5.00. The predicted octanol–water partition coefficient (Wildman–Crippen LogP) is 4.35. The lowest BCUT2D eigenvalue weighted by atomic mass is 10.0. The van der Waals surface area contributed by atoms with Crippen molar-refractivity contribution in [1.82, 2.24) is 9.91 Å². The number of hydrogen-bond acceptors (Lipinski definition) is 4. The van der Waals surface area contributed by atoms with Crippen LogP contribution in [0, 0.1) is 0 Å². The van der Waals surface area contributed by atoms with Crippen molar-refractivity contribution in [3.63, 3.8) is 0 Å². The zero-order chi connectivity index (χ0) is 18.6. The summed E-state index contributed by atoms with van der Waals surface area (Å²) in [7, 11) is 0. The number of fused-ring (bicyclic) bond motifs is 1. The minimum Gasteiger partial charge on any atom is -0.507 e. The van der Waals surface area contributed by atoms with Crippen molar-refractivity contribution in [3.8, 4) is 5.75 Å². The Labute approximate surface area is 164 Å². The molecule has 5 heteroatoms. The van der Waals surface area contributed by atoms with Crippen LogP contribution in [0.25, 0.3) is 10.8 Å². The van der Waals surface area contributed by atoms with E-state index in [2.05, 4.69) is 21.1 Å². The van der Waals surface area contributed by atoms with Crippen LogP contribution in [0.15, 0.2) is 65.8 Å². The molecule has 4 nitrogen and oxygen atoms in total. The molecule has 0 aromatic heterocycles. The largest absolute Gasteiger partial charge is 0.507 e. The number of aromatic hydroxyl groups is 1. The molecule has 0 amide bonds. The zero-order valence-corrected chi connectivity index (χ0v) is 15.8. The summed E-state index contributed by atoms with van der Waals surface area (Å²) in [6.07, 6.45) is 1.78. The number of hydrazone groups is 1. The quantitative estimate of drug-likeness (QED) is 0.685. The summed E-state index contributed by atoms with van der Waals surface area (Å²) in [5.41, 5.74) is 1.93. The zero-order valence-electron chi connectivity index (χ0n) is 15.1.